The van der Waals surface area contributed by atoms with Gasteiger partial charge in [0.05, 0.1) is 25.9 Å². The first-order chi connectivity index (χ1) is 5.66. The Morgan fingerprint density at radius 1 is 1.25 bits per heavy atom. The Morgan fingerprint density at radius 3 is 2.42 bits per heavy atom. The highest BCUT2D eigenvalue weighted by atomic mass is 16.5. The molecule has 3 nitrogen and oxygen atoms in total. The van der Waals surface area contributed by atoms with Crippen LogP contribution < -0.4 is 0 Å². The summed E-state index contributed by atoms with van der Waals surface area (Å²) in [5.74, 6) is 0.519. The molecular formula is C9H20O3. The van der Waals surface area contributed by atoms with E-state index >= 15 is 0 Å². The van der Waals surface area contributed by atoms with Crippen LogP contribution in [0.4, 0.5) is 0 Å². The lowest BCUT2D eigenvalue weighted by Crippen LogP contribution is -2.18. The molecule has 0 bridgehead atoms. The summed E-state index contributed by atoms with van der Waals surface area (Å²) in [7, 11) is 1.63. The van der Waals surface area contributed by atoms with Crippen molar-refractivity contribution in [1.82, 2.24) is 0 Å². The molecule has 0 rings (SSSR count). The van der Waals surface area contributed by atoms with Crippen LogP contribution in [0.3, 0.4) is 0 Å². The molecule has 74 valence electrons. The maximum Gasteiger partial charge on any atom is 0.0776 e. The summed E-state index contributed by atoms with van der Waals surface area (Å²) in [6, 6.07) is 0. The zero-order chi connectivity index (χ0) is 9.40. The fourth-order valence-electron chi connectivity index (χ4n) is 0.974. The van der Waals surface area contributed by atoms with E-state index in [2.05, 4.69) is 13.8 Å². The number of aliphatic hydroxyl groups excluding tert-OH is 1. The molecule has 0 spiro atoms. The molecule has 3 heteroatoms. The van der Waals surface area contributed by atoms with E-state index in [1.54, 1.807) is 7.11 Å². The van der Waals surface area contributed by atoms with E-state index in [1.807, 2.05) is 0 Å². The van der Waals surface area contributed by atoms with Gasteiger partial charge in [0.15, 0.2) is 0 Å². The van der Waals surface area contributed by atoms with Gasteiger partial charge in [0.1, 0.15) is 0 Å². The lowest BCUT2D eigenvalue weighted by Gasteiger charge is -2.12. The molecule has 0 aliphatic heterocycles. The number of hydrogen-bond donors (Lipinski definition) is 1. The minimum atomic E-state index is -0.332. The van der Waals surface area contributed by atoms with E-state index in [0.29, 0.717) is 25.7 Å². The minimum Gasteiger partial charge on any atom is -0.391 e. The van der Waals surface area contributed by atoms with E-state index < -0.39 is 0 Å². The van der Waals surface area contributed by atoms with E-state index in [4.69, 9.17) is 9.47 Å². The van der Waals surface area contributed by atoms with Crippen molar-refractivity contribution in [3.05, 3.63) is 0 Å². The summed E-state index contributed by atoms with van der Waals surface area (Å²) >= 11 is 0. The molecule has 0 aliphatic rings. The molecule has 0 aromatic heterocycles. The van der Waals surface area contributed by atoms with Gasteiger partial charge in [-0.05, 0) is 12.3 Å². The fraction of sp³-hybridized carbons (Fsp3) is 1.00. The van der Waals surface area contributed by atoms with Gasteiger partial charge < -0.3 is 14.6 Å². The summed E-state index contributed by atoms with van der Waals surface area (Å²) in [4.78, 5) is 0. The number of rotatable bonds is 7. The van der Waals surface area contributed by atoms with E-state index in [0.717, 1.165) is 6.42 Å². The molecule has 0 aliphatic carbocycles. The van der Waals surface area contributed by atoms with Crippen LogP contribution in [-0.4, -0.2) is 38.1 Å². The van der Waals surface area contributed by atoms with Crippen LogP contribution in [0, 0.1) is 5.92 Å². The summed E-state index contributed by atoms with van der Waals surface area (Å²) in [5, 5.41) is 9.35. The molecule has 1 N–H and O–H groups in total. The third-order valence-electron chi connectivity index (χ3n) is 1.49. The zero-order valence-electron chi connectivity index (χ0n) is 8.25. The molecule has 0 saturated carbocycles. The van der Waals surface area contributed by atoms with Gasteiger partial charge >= 0.3 is 0 Å². The smallest absolute Gasteiger partial charge is 0.0776 e. The standard InChI is InChI=1S/C9H20O3/c1-8(2)6-9(10)7-12-5-4-11-3/h8-10H,4-7H2,1-3H3. The van der Waals surface area contributed by atoms with Gasteiger partial charge in [-0.15, -0.1) is 0 Å². The number of methoxy groups -OCH3 is 1. The molecule has 0 amide bonds. The number of hydrogen-bond acceptors (Lipinski definition) is 3. The van der Waals surface area contributed by atoms with Crippen LogP contribution in [0.1, 0.15) is 20.3 Å². The van der Waals surface area contributed by atoms with Crippen LogP contribution in [0.25, 0.3) is 0 Å². The molecule has 0 aromatic rings. The molecule has 0 saturated heterocycles. The van der Waals surface area contributed by atoms with Crippen molar-refractivity contribution in [1.29, 1.82) is 0 Å². The van der Waals surface area contributed by atoms with E-state index in [-0.39, 0.29) is 6.10 Å². The molecule has 1 unspecified atom stereocenters. The summed E-state index contributed by atoms with van der Waals surface area (Å²) in [5.41, 5.74) is 0. The highest BCUT2D eigenvalue weighted by molar-refractivity contribution is 4.56. The average Bonchev–Trinajstić information content (AvgIpc) is 1.97. The monoisotopic (exact) mass is 176 g/mol. The first-order valence-corrected chi connectivity index (χ1v) is 4.41. The molecule has 0 radical (unpaired) electrons. The Morgan fingerprint density at radius 2 is 1.92 bits per heavy atom. The fourth-order valence-corrected chi connectivity index (χ4v) is 0.974. The van der Waals surface area contributed by atoms with Crippen molar-refractivity contribution in [2.24, 2.45) is 5.92 Å². The van der Waals surface area contributed by atoms with Gasteiger partial charge in [-0.2, -0.15) is 0 Å². The van der Waals surface area contributed by atoms with Crippen LogP contribution in [0.5, 0.6) is 0 Å². The second kappa shape index (κ2) is 7.53. The van der Waals surface area contributed by atoms with Gasteiger partial charge in [-0.1, -0.05) is 13.8 Å². The van der Waals surface area contributed by atoms with Crippen LogP contribution in [0.15, 0.2) is 0 Å². The van der Waals surface area contributed by atoms with Gasteiger partial charge in [0.2, 0.25) is 0 Å². The average molecular weight is 176 g/mol. The quantitative estimate of drug-likeness (QED) is 0.589. The predicted molar refractivity (Wildman–Crippen MR) is 48.2 cm³/mol. The minimum absolute atomic E-state index is 0.332. The Hall–Kier alpha value is -0.120. The summed E-state index contributed by atoms with van der Waals surface area (Å²) in [6.45, 7) is 5.73. The third-order valence-corrected chi connectivity index (χ3v) is 1.49. The van der Waals surface area contributed by atoms with Crippen molar-refractivity contribution < 1.29 is 14.6 Å². The highest BCUT2D eigenvalue weighted by Crippen LogP contribution is 2.04. The van der Waals surface area contributed by atoms with Crippen molar-refractivity contribution in [3.63, 3.8) is 0 Å². The van der Waals surface area contributed by atoms with Gasteiger partial charge in [0, 0.05) is 7.11 Å². The van der Waals surface area contributed by atoms with Crippen molar-refractivity contribution in [2.75, 3.05) is 26.9 Å². The Bertz CT molecular complexity index is 93.8. The summed E-state index contributed by atoms with van der Waals surface area (Å²) < 4.78 is 9.96. The lowest BCUT2D eigenvalue weighted by atomic mass is 10.1. The summed E-state index contributed by atoms with van der Waals surface area (Å²) in [6.07, 6.45) is 0.467. The zero-order valence-corrected chi connectivity index (χ0v) is 8.25. The molecule has 0 aromatic carbocycles. The first-order valence-electron chi connectivity index (χ1n) is 4.41. The van der Waals surface area contributed by atoms with Crippen LogP contribution in [0.2, 0.25) is 0 Å². The van der Waals surface area contributed by atoms with E-state index in [9.17, 15) is 5.11 Å². The molecule has 1 atom stereocenters. The van der Waals surface area contributed by atoms with Crippen LogP contribution >= 0.6 is 0 Å². The Kier molecular flexibility index (Phi) is 7.45. The molecule has 0 fully saturated rings. The van der Waals surface area contributed by atoms with Crippen molar-refractivity contribution in [3.8, 4) is 0 Å². The predicted octanol–water partition coefficient (Wildman–Crippen LogP) is 1.06. The van der Waals surface area contributed by atoms with Crippen molar-refractivity contribution in [2.45, 2.75) is 26.4 Å². The maximum atomic E-state index is 9.35. The SMILES string of the molecule is COCCOCC(O)CC(C)C. The number of aliphatic hydroxyl groups is 1. The van der Waals surface area contributed by atoms with Crippen molar-refractivity contribution >= 4 is 0 Å². The third kappa shape index (κ3) is 7.98. The Labute approximate surface area is 74.7 Å². The van der Waals surface area contributed by atoms with Gasteiger partial charge in [0.25, 0.3) is 0 Å². The van der Waals surface area contributed by atoms with E-state index in [1.165, 1.54) is 0 Å². The molecule has 12 heavy (non-hydrogen) atoms. The Balaban J connectivity index is 3.14. The van der Waals surface area contributed by atoms with Gasteiger partial charge in [-0.3, -0.25) is 0 Å². The normalized spacial score (nSPS) is 13.8. The molecular weight excluding hydrogens is 156 g/mol. The molecule has 0 heterocycles. The lowest BCUT2D eigenvalue weighted by molar-refractivity contribution is 0.00609. The first kappa shape index (κ1) is 11.9. The second-order valence-electron chi connectivity index (χ2n) is 3.35. The highest BCUT2D eigenvalue weighted by Gasteiger charge is 2.06. The largest absolute Gasteiger partial charge is 0.391 e. The number of ether oxygens (including phenoxy) is 2. The van der Waals surface area contributed by atoms with Crippen LogP contribution in [-0.2, 0) is 9.47 Å². The van der Waals surface area contributed by atoms with Gasteiger partial charge in [-0.25, -0.2) is 0 Å². The topological polar surface area (TPSA) is 38.7 Å². The second-order valence-corrected chi connectivity index (χ2v) is 3.35. The maximum absolute atomic E-state index is 9.35.